The molecule has 3 saturated heterocycles. The summed E-state index contributed by atoms with van der Waals surface area (Å²) in [4.78, 5) is 26.7. The summed E-state index contributed by atoms with van der Waals surface area (Å²) in [6.07, 6.45) is 3.92. The first-order valence-electron chi connectivity index (χ1n) is 8.18. The minimum atomic E-state index is -0.839. The van der Waals surface area contributed by atoms with Crippen molar-refractivity contribution in [3.63, 3.8) is 0 Å². The molecule has 0 aromatic carbocycles. The monoisotopic (exact) mass is 304 g/mol. The Morgan fingerprint density at radius 2 is 2.36 bits per heavy atom. The Kier molecular flexibility index (Phi) is 2.45. The summed E-state index contributed by atoms with van der Waals surface area (Å²) in [7, 11) is 0. The van der Waals surface area contributed by atoms with E-state index < -0.39 is 11.4 Å². The third-order valence-corrected chi connectivity index (χ3v) is 6.78. The number of carbonyl (C=O) groups excluding carboxylic acids is 1. The fraction of sp³-hybridized carbons (Fsp3) is 0.750. The molecular weight excluding hydrogens is 284 g/mol. The molecule has 2 bridgehead atoms. The number of rotatable bonds is 1. The standard InChI is InChI=1S/C16H20N2O4/c19-12-6-10-13-9-5-11-16(15(20)21,14(13)17-12)2-3-18(11)7-8(9)1-4-22-10/h1,9-11,13-14H,2-7H2,(H,17,19)(H,20,21)/t9-,10-,11-,13-,14-,16-/m1/s1. The van der Waals surface area contributed by atoms with Crippen molar-refractivity contribution in [2.75, 3.05) is 19.7 Å². The third-order valence-electron chi connectivity index (χ3n) is 6.78. The van der Waals surface area contributed by atoms with Crippen LogP contribution in [0.1, 0.15) is 19.3 Å². The molecule has 2 N–H and O–H groups in total. The van der Waals surface area contributed by atoms with E-state index in [2.05, 4.69) is 16.3 Å². The molecule has 0 spiro atoms. The number of carboxylic acid groups (broad SMARTS) is 1. The number of nitrogens with one attached hydrogen (secondary N) is 1. The van der Waals surface area contributed by atoms with Gasteiger partial charge in [-0.05, 0) is 18.8 Å². The molecule has 6 atom stereocenters. The normalized spacial score (nSPS) is 49.2. The van der Waals surface area contributed by atoms with E-state index in [-0.39, 0.29) is 30.0 Å². The first-order valence-corrected chi connectivity index (χ1v) is 8.18. The molecule has 0 unspecified atom stereocenters. The first-order chi connectivity index (χ1) is 10.6. The minimum absolute atomic E-state index is 0.0468. The van der Waals surface area contributed by atoms with Crippen LogP contribution in [-0.2, 0) is 14.3 Å². The van der Waals surface area contributed by atoms with E-state index in [1.807, 2.05) is 0 Å². The maximum Gasteiger partial charge on any atom is 0.313 e. The van der Waals surface area contributed by atoms with E-state index in [1.54, 1.807) is 0 Å². The second-order valence-electron chi connectivity index (χ2n) is 7.40. The summed E-state index contributed by atoms with van der Waals surface area (Å²) in [5.41, 5.74) is 0.556. The Labute approximate surface area is 128 Å². The maximum atomic E-state index is 12.3. The zero-order valence-corrected chi connectivity index (χ0v) is 12.3. The van der Waals surface area contributed by atoms with Gasteiger partial charge in [-0.15, -0.1) is 0 Å². The number of nitrogens with zero attached hydrogens (tertiary/aromatic N) is 1. The maximum absolute atomic E-state index is 12.3. The summed E-state index contributed by atoms with van der Waals surface area (Å²) in [6.45, 7) is 2.23. The highest BCUT2D eigenvalue weighted by molar-refractivity contribution is 5.83. The first kappa shape index (κ1) is 13.1. The molecule has 6 heteroatoms. The molecule has 6 nitrogen and oxygen atoms in total. The number of carbonyl (C=O) groups is 2. The van der Waals surface area contributed by atoms with Crippen molar-refractivity contribution in [2.45, 2.75) is 37.5 Å². The van der Waals surface area contributed by atoms with Crippen molar-refractivity contribution >= 4 is 11.9 Å². The van der Waals surface area contributed by atoms with E-state index in [1.165, 1.54) is 5.57 Å². The summed E-state index contributed by atoms with van der Waals surface area (Å²) in [5.74, 6) is -0.334. The molecular formula is C16H20N2O4. The molecule has 5 rings (SSSR count). The predicted octanol–water partition coefficient (Wildman–Crippen LogP) is -0.00490. The number of piperidine rings is 2. The number of ether oxygens (including phenoxy) is 1. The van der Waals surface area contributed by atoms with Crippen LogP contribution in [0.25, 0.3) is 0 Å². The molecule has 118 valence electrons. The van der Waals surface area contributed by atoms with Crippen LogP contribution < -0.4 is 5.32 Å². The molecule has 4 heterocycles. The van der Waals surface area contributed by atoms with Gasteiger partial charge in [-0.1, -0.05) is 11.6 Å². The van der Waals surface area contributed by atoms with Crippen LogP contribution in [0, 0.1) is 17.3 Å². The number of hydrogen-bond acceptors (Lipinski definition) is 4. The van der Waals surface area contributed by atoms with E-state index in [0.29, 0.717) is 25.4 Å². The minimum Gasteiger partial charge on any atom is -0.481 e. The summed E-state index contributed by atoms with van der Waals surface area (Å²) in [6, 6.07) is -0.252. The van der Waals surface area contributed by atoms with E-state index in [4.69, 9.17) is 4.74 Å². The van der Waals surface area contributed by atoms with Crippen molar-refractivity contribution in [2.24, 2.45) is 17.3 Å². The second-order valence-corrected chi connectivity index (χ2v) is 7.40. The Morgan fingerprint density at radius 3 is 3.18 bits per heavy atom. The van der Waals surface area contributed by atoms with Gasteiger partial charge >= 0.3 is 5.97 Å². The van der Waals surface area contributed by atoms with Crippen LogP contribution in [0.15, 0.2) is 11.6 Å². The SMILES string of the molecule is O=C1C[C@H]2OCC=C3CN4CC[C@]5(C(=O)O)[C@H](N1)[C@@H]2[C@@H]3C[C@@H]45. The highest BCUT2D eigenvalue weighted by Gasteiger charge is 2.68. The van der Waals surface area contributed by atoms with Gasteiger partial charge in [-0.2, -0.15) is 0 Å². The van der Waals surface area contributed by atoms with E-state index >= 15 is 0 Å². The van der Waals surface area contributed by atoms with Crippen LogP contribution in [0.2, 0.25) is 0 Å². The molecule has 4 fully saturated rings. The van der Waals surface area contributed by atoms with Gasteiger partial charge in [0.2, 0.25) is 5.91 Å². The van der Waals surface area contributed by atoms with Crippen LogP contribution in [0.4, 0.5) is 0 Å². The van der Waals surface area contributed by atoms with Crippen LogP contribution >= 0.6 is 0 Å². The number of fused-ring (bicyclic) bond motifs is 1. The second kappa shape index (κ2) is 4.11. The molecule has 0 radical (unpaired) electrons. The number of amides is 1. The molecule has 4 aliphatic heterocycles. The molecule has 5 aliphatic rings. The zero-order chi connectivity index (χ0) is 15.1. The number of aliphatic carboxylic acids is 1. The molecule has 0 aromatic heterocycles. The fourth-order valence-electron chi connectivity index (χ4n) is 5.91. The highest BCUT2D eigenvalue weighted by atomic mass is 16.5. The van der Waals surface area contributed by atoms with Gasteiger partial charge in [0, 0.05) is 25.0 Å². The van der Waals surface area contributed by atoms with Crippen molar-refractivity contribution < 1.29 is 19.4 Å². The quantitative estimate of drug-likeness (QED) is 0.667. The molecule has 0 aromatic rings. The van der Waals surface area contributed by atoms with Crippen LogP contribution in [0.3, 0.4) is 0 Å². The van der Waals surface area contributed by atoms with E-state index in [9.17, 15) is 14.7 Å². The van der Waals surface area contributed by atoms with Crippen LogP contribution in [0.5, 0.6) is 0 Å². The van der Waals surface area contributed by atoms with Gasteiger partial charge in [-0.25, -0.2) is 0 Å². The van der Waals surface area contributed by atoms with Crippen molar-refractivity contribution in [1.82, 2.24) is 10.2 Å². The highest BCUT2D eigenvalue weighted by Crippen LogP contribution is 2.58. The van der Waals surface area contributed by atoms with Crippen LogP contribution in [-0.4, -0.2) is 59.8 Å². The molecule has 1 saturated carbocycles. The Hall–Kier alpha value is -1.40. The third kappa shape index (κ3) is 1.38. The lowest BCUT2D eigenvalue weighted by Gasteiger charge is -2.57. The fourth-order valence-corrected chi connectivity index (χ4v) is 5.91. The topological polar surface area (TPSA) is 78.9 Å². The smallest absolute Gasteiger partial charge is 0.313 e. The number of hydrogen-bond donors (Lipinski definition) is 2. The van der Waals surface area contributed by atoms with Crippen molar-refractivity contribution in [1.29, 1.82) is 0 Å². The van der Waals surface area contributed by atoms with Gasteiger partial charge in [-0.3, -0.25) is 14.5 Å². The van der Waals surface area contributed by atoms with Gasteiger partial charge in [0.1, 0.15) is 5.41 Å². The van der Waals surface area contributed by atoms with Crippen molar-refractivity contribution in [3.05, 3.63) is 11.6 Å². The lowest BCUT2D eigenvalue weighted by molar-refractivity contribution is -0.168. The van der Waals surface area contributed by atoms with Gasteiger partial charge in [0.25, 0.3) is 0 Å². The Balaban J connectivity index is 1.70. The number of carboxylic acids is 1. The zero-order valence-electron chi connectivity index (χ0n) is 12.3. The largest absolute Gasteiger partial charge is 0.481 e. The van der Waals surface area contributed by atoms with Gasteiger partial charge in [0.05, 0.1) is 25.2 Å². The van der Waals surface area contributed by atoms with Crippen molar-refractivity contribution in [3.8, 4) is 0 Å². The summed E-state index contributed by atoms with van der Waals surface area (Å²) in [5, 5.41) is 13.1. The predicted molar refractivity (Wildman–Crippen MR) is 76.0 cm³/mol. The molecule has 1 amide bonds. The Morgan fingerprint density at radius 1 is 1.50 bits per heavy atom. The summed E-state index contributed by atoms with van der Waals surface area (Å²) >= 11 is 0. The Bertz CT molecular complexity index is 603. The summed E-state index contributed by atoms with van der Waals surface area (Å²) < 4.78 is 5.95. The molecule has 22 heavy (non-hydrogen) atoms. The van der Waals surface area contributed by atoms with Gasteiger partial charge < -0.3 is 15.2 Å². The van der Waals surface area contributed by atoms with Gasteiger partial charge in [0.15, 0.2) is 0 Å². The average molecular weight is 304 g/mol. The lowest BCUT2D eigenvalue weighted by atomic mass is 9.54. The van der Waals surface area contributed by atoms with E-state index in [0.717, 1.165) is 19.5 Å². The lowest BCUT2D eigenvalue weighted by Crippen LogP contribution is -2.71. The molecule has 1 aliphatic carbocycles. The average Bonchev–Trinajstić information content (AvgIpc) is 2.79.